The number of aryl methyl sites for hydroxylation is 1. The molecule has 4 heteroatoms. The van der Waals surface area contributed by atoms with Crippen LogP contribution in [0.15, 0.2) is 60.8 Å². The fourth-order valence-electron chi connectivity index (χ4n) is 3.97. The number of carbonyl (C=O) groups excluding carboxylic acids is 1. The number of likely N-dealkylation sites (tertiary alicyclic amines) is 1. The number of benzene rings is 2. The molecular weight excluding hydrogens is 334 g/mol. The van der Waals surface area contributed by atoms with Gasteiger partial charge in [-0.1, -0.05) is 36.4 Å². The highest BCUT2D eigenvalue weighted by atomic mass is 16.2. The summed E-state index contributed by atoms with van der Waals surface area (Å²) in [6.07, 6.45) is 6.60. The zero-order chi connectivity index (χ0) is 18.5. The number of carbonyl (C=O) groups is 1. The number of para-hydroxylation sites is 2. The molecule has 1 aliphatic rings. The van der Waals surface area contributed by atoms with Crippen molar-refractivity contribution >= 4 is 22.5 Å². The Bertz CT molecular complexity index is 879. The van der Waals surface area contributed by atoms with Crippen molar-refractivity contribution in [2.45, 2.75) is 38.1 Å². The number of aromatic amines is 1. The summed E-state index contributed by atoms with van der Waals surface area (Å²) < 4.78 is 0. The molecule has 1 fully saturated rings. The molecule has 0 spiro atoms. The van der Waals surface area contributed by atoms with E-state index in [0.717, 1.165) is 38.8 Å². The fraction of sp³-hybridized carbons (Fsp3) is 0.348. The van der Waals surface area contributed by atoms with Gasteiger partial charge in [-0.05, 0) is 49.4 Å². The van der Waals surface area contributed by atoms with Gasteiger partial charge >= 0.3 is 0 Å². The Morgan fingerprint density at radius 2 is 1.78 bits per heavy atom. The molecule has 0 aliphatic carbocycles. The maximum Gasteiger partial charge on any atom is 0.222 e. The molecule has 1 aliphatic heterocycles. The molecule has 0 radical (unpaired) electrons. The predicted octanol–water partition coefficient (Wildman–Crippen LogP) is 4.59. The molecule has 1 amide bonds. The van der Waals surface area contributed by atoms with Gasteiger partial charge in [0, 0.05) is 48.3 Å². The molecule has 27 heavy (non-hydrogen) atoms. The third-order valence-corrected chi connectivity index (χ3v) is 5.50. The average Bonchev–Trinajstić information content (AvgIpc) is 3.12. The molecular formula is C23H27N3O. The van der Waals surface area contributed by atoms with Crippen molar-refractivity contribution < 1.29 is 4.79 Å². The van der Waals surface area contributed by atoms with E-state index >= 15 is 0 Å². The van der Waals surface area contributed by atoms with Crippen LogP contribution in [0.5, 0.6) is 0 Å². The minimum atomic E-state index is 0.299. The normalized spacial score (nSPS) is 15.2. The number of amides is 1. The van der Waals surface area contributed by atoms with Crippen molar-refractivity contribution in [3.63, 3.8) is 0 Å². The standard InChI is InChI=1S/C23H27N3O/c27-23(12-6-7-18-17-24-22-11-5-4-10-21(18)22)26-15-13-20(14-16-26)25-19-8-2-1-3-9-19/h1-5,8-11,17,20,24-25H,6-7,12-16H2. The quantitative estimate of drug-likeness (QED) is 0.674. The smallest absolute Gasteiger partial charge is 0.222 e. The summed E-state index contributed by atoms with van der Waals surface area (Å²) >= 11 is 0. The fourth-order valence-corrected chi connectivity index (χ4v) is 3.97. The first-order valence-electron chi connectivity index (χ1n) is 9.94. The number of rotatable bonds is 6. The molecule has 2 heterocycles. The SMILES string of the molecule is O=C(CCCc1c[nH]c2ccccc12)N1CCC(Nc2ccccc2)CC1. The topological polar surface area (TPSA) is 48.1 Å². The summed E-state index contributed by atoms with van der Waals surface area (Å²) in [5, 5.41) is 4.85. The highest BCUT2D eigenvalue weighted by Crippen LogP contribution is 2.21. The second-order valence-corrected chi connectivity index (χ2v) is 7.38. The molecule has 0 saturated carbocycles. The lowest BCUT2D eigenvalue weighted by Crippen LogP contribution is -2.42. The summed E-state index contributed by atoms with van der Waals surface area (Å²) in [4.78, 5) is 17.9. The maximum absolute atomic E-state index is 12.6. The second kappa shape index (κ2) is 8.30. The number of hydrogen-bond acceptors (Lipinski definition) is 2. The molecule has 4 nitrogen and oxygen atoms in total. The number of hydrogen-bond donors (Lipinski definition) is 2. The van der Waals surface area contributed by atoms with Gasteiger partial charge in [0.1, 0.15) is 0 Å². The van der Waals surface area contributed by atoms with Crippen LogP contribution in [0, 0.1) is 0 Å². The molecule has 1 saturated heterocycles. The van der Waals surface area contributed by atoms with Gasteiger partial charge in [-0.25, -0.2) is 0 Å². The number of fused-ring (bicyclic) bond motifs is 1. The van der Waals surface area contributed by atoms with Crippen molar-refractivity contribution in [3.8, 4) is 0 Å². The second-order valence-electron chi connectivity index (χ2n) is 7.38. The highest BCUT2D eigenvalue weighted by molar-refractivity contribution is 5.83. The molecule has 0 bridgehead atoms. The Morgan fingerprint density at radius 1 is 1.04 bits per heavy atom. The van der Waals surface area contributed by atoms with Gasteiger partial charge in [-0.3, -0.25) is 4.79 Å². The van der Waals surface area contributed by atoms with E-state index in [-0.39, 0.29) is 0 Å². The zero-order valence-electron chi connectivity index (χ0n) is 15.7. The average molecular weight is 361 g/mol. The molecule has 140 valence electrons. The zero-order valence-corrected chi connectivity index (χ0v) is 15.7. The minimum absolute atomic E-state index is 0.299. The number of piperidine rings is 1. The van der Waals surface area contributed by atoms with E-state index in [1.54, 1.807) is 0 Å². The van der Waals surface area contributed by atoms with Crippen LogP contribution in [0.3, 0.4) is 0 Å². The van der Waals surface area contributed by atoms with E-state index in [1.165, 1.54) is 22.2 Å². The Labute approximate surface area is 160 Å². The molecule has 2 aromatic carbocycles. The van der Waals surface area contributed by atoms with Crippen molar-refractivity contribution in [2.24, 2.45) is 0 Å². The maximum atomic E-state index is 12.6. The highest BCUT2D eigenvalue weighted by Gasteiger charge is 2.22. The van der Waals surface area contributed by atoms with E-state index in [2.05, 4.69) is 59.0 Å². The lowest BCUT2D eigenvalue weighted by molar-refractivity contribution is -0.132. The van der Waals surface area contributed by atoms with Crippen LogP contribution in [0.25, 0.3) is 10.9 Å². The molecule has 1 aromatic heterocycles. The van der Waals surface area contributed by atoms with Crippen molar-refractivity contribution in [2.75, 3.05) is 18.4 Å². The van der Waals surface area contributed by atoms with Crippen molar-refractivity contribution in [1.82, 2.24) is 9.88 Å². The third kappa shape index (κ3) is 4.33. The number of anilines is 1. The molecule has 0 unspecified atom stereocenters. The Morgan fingerprint density at radius 3 is 2.59 bits per heavy atom. The van der Waals surface area contributed by atoms with Crippen molar-refractivity contribution in [3.05, 3.63) is 66.4 Å². The number of aromatic nitrogens is 1. The Balaban J connectivity index is 1.21. The van der Waals surface area contributed by atoms with Gasteiger partial charge in [0.2, 0.25) is 5.91 Å². The lowest BCUT2D eigenvalue weighted by Gasteiger charge is -2.33. The largest absolute Gasteiger partial charge is 0.382 e. The van der Waals surface area contributed by atoms with E-state index in [4.69, 9.17) is 0 Å². The number of nitrogens with one attached hydrogen (secondary N) is 2. The molecule has 4 rings (SSSR count). The van der Waals surface area contributed by atoms with Gasteiger partial charge in [0.25, 0.3) is 0 Å². The summed E-state index contributed by atoms with van der Waals surface area (Å²) in [6, 6.07) is 19.1. The number of nitrogens with zero attached hydrogens (tertiary/aromatic N) is 1. The van der Waals surface area contributed by atoms with E-state index in [1.807, 2.05) is 17.0 Å². The van der Waals surface area contributed by atoms with Gasteiger partial charge in [0.15, 0.2) is 0 Å². The van der Waals surface area contributed by atoms with Gasteiger partial charge < -0.3 is 15.2 Å². The predicted molar refractivity (Wildman–Crippen MR) is 111 cm³/mol. The molecule has 3 aromatic rings. The van der Waals surface area contributed by atoms with Gasteiger partial charge in [0.05, 0.1) is 0 Å². The summed E-state index contributed by atoms with van der Waals surface area (Å²) in [5.74, 6) is 0.299. The minimum Gasteiger partial charge on any atom is -0.382 e. The summed E-state index contributed by atoms with van der Waals surface area (Å²) in [7, 11) is 0. The van der Waals surface area contributed by atoms with Crippen LogP contribution < -0.4 is 5.32 Å². The molecule has 0 atom stereocenters. The summed E-state index contributed by atoms with van der Waals surface area (Å²) in [5.41, 5.74) is 3.65. The number of H-pyrrole nitrogens is 1. The Kier molecular flexibility index (Phi) is 5.42. The first kappa shape index (κ1) is 17.7. The van der Waals surface area contributed by atoms with E-state index < -0.39 is 0 Å². The van der Waals surface area contributed by atoms with E-state index in [0.29, 0.717) is 18.4 Å². The van der Waals surface area contributed by atoms with E-state index in [9.17, 15) is 4.79 Å². The molecule has 2 N–H and O–H groups in total. The first-order chi connectivity index (χ1) is 13.3. The monoisotopic (exact) mass is 361 g/mol. The van der Waals surface area contributed by atoms with Crippen LogP contribution in [-0.4, -0.2) is 34.9 Å². The van der Waals surface area contributed by atoms with Gasteiger partial charge in [-0.2, -0.15) is 0 Å². The van der Waals surface area contributed by atoms with Crippen LogP contribution in [-0.2, 0) is 11.2 Å². The van der Waals surface area contributed by atoms with Crippen LogP contribution >= 0.6 is 0 Å². The first-order valence-corrected chi connectivity index (χ1v) is 9.94. The van der Waals surface area contributed by atoms with Crippen LogP contribution in [0.1, 0.15) is 31.2 Å². The van der Waals surface area contributed by atoms with Crippen LogP contribution in [0.2, 0.25) is 0 Å². The van der Waals surface area contributed by atoms with Crippen molar-refractivity contribution in [1.29, 1.82) is 0 Å². The third-order valence-electron chi connectivity index (χ3n) is 5.50. The Hall–Kier alpha value is -2.75. The summed E-state index contributed by atoms with van der Waals surface area (Å²) in [6.45, 7) is 1.72. The van der Waals surface area contributed by atoms with Crippen LogP contribution in [0.4, 0.5) is 5.69 Å². The van der Waals surface area contributed by atoms with Gasteiger partial charge in [-0.15, -0.1) is 0 Å². The lowest BCUT2D eigenvalue weighted by atomic mass is 10.0.